The van der Waals surface area contributed by atoms with Crippen LogP contribution < -0.4 is 4.74 Å². The highest BCUT2D eigenvalue weighted by Gasteiger charge is 2.47. The number of carbonyl (C=O) groups excluding carboxylic acids is 1. The average Bonchev–Trinajstić information content (AvgIpc) is 3.13. The summed E-state index contributed by atoms with van der Waals surface area (Å²) in [4.78, 5) is 17.2. The number of carbonyl (C=O) groups is 1. The molecule has 0 aliphatic carbocycles. The van der Waals surface area contributed by atoms with E-state index in [1.807, 2.05) is 12.1 Å². The summed E-state index contributed by atoms with van der Waals surface area (Å²) in [6.45, 7) is 5.29. The summed E-state index contributed by atoms with van der Waals surface area (Å²) in [5.74, 6) is 0.813. The van der Waals surface area contributed by atoms with Crippen LogP contribution in [0, 0.1) is 6.92 Å². The second-order valence-electron chi connectivity index (χ2n) is 7.27. The molecule has 2 aromatic carbocycles. The average molecular weight is 511 g/mol. The highest BCUT2D eigenvalue weighted by atomic mass is 79.9. The molecule has 1 saturated heterocycles. The monoisotopic (exact) mass is 509 g/mol. The van der Waals surface area contributed by atoms with Crippen LogP contribution in [0.3, 0.4) is 0 Å². The van der Waals surface area contributed by atoms with Crippen molar-refractivity contribution in [1.29, 1.82) is 0 Å². The van der Waals surface area contributed by atoms with E-state index in [0.29, 0.717) is 24.5 Å². The molecule has 142 valence electrons. The molecule has 0 aromatic heterocycles. The molecular formula is C21H21Br2NO2S. The third-order valence-corrected chi connectivity index (χ3v) is 7.51. The lowest BCUT2D eigenvalue weighted by Crippen LogP contribution is -2.52. The first-order valence-electron chi connectivity index (χ1n) is 9.11. The fourth-order valence-electron chi connectivity index (χ4n) is 3.73. The topological polar surface area (TPSA) is 29.5 Å². The van der Waals surface area contributed by atoms with Crippen LogP contribution >= 0.6 is 43.6 Å². The second kappa shape index (κ2) is 7.90. The van der Waals surface area contributed by atoms with Crippen LogP contribution in [0.15, 0.2) is 50.2 Å². The highest BCUT2D eigenvalue weighted by molar-refractivity contribution is 9.11. The number of ether oxygens (including phenoxy) is 1. The number of fused-ring (bicyclic) bond motifs is 1. The number of benzene rings is 2. The van der Waals surface area contributed by atoms with E-state index >= 15 is 0 Å². The summed E-state index contributed by atoms with van der Waals surface area (Å²) < 4.78 is 7.23. The molecule has 2 aliphatic rings. The molecule has 0 spiro atoms. The molecule has 1 atom stereocenters. The van der Waals surface area contributed by atoms with Gasteiger partial charge in [0.25, 0.3) is 0 Å². The largest absolute Gasteiger partial charge is 0.490 e. The van der Waals surface area contributed by atoms with Gasteiger partial charge in [0.05, 0.1) is 10.0 Å². The predicted molar refractivity (Wildman–Crippen MR) is 117 cm³/mol. The van der Waals surface area contributed by atoms with Crippen molar-refractivity contribution in [1.82, 2.24) is 4.90 Å². The maximum Gasteiger partial charge on any atom is 0.187 e. The minimum atomic E-state index is -0.632. The van der Waals surface area contributed by atoms with Gasteiger partial charge in [0, 0.05) is 15.9 Å². The molecule has 0 bridgehead atoms. The smallest absolute Gasteiger partial charge is 0.187 e. The highest BCUT2D eigenvalue weighted by Crippen LogP contribution is 2.45. The number of hydrogen-bond acceptors (Lipinski definition) is 4. The number of likely N-dealkylation sites (tertiary alicyclic amines) is 1. The van der Waals surface area contributed by atoms with Gasteiger partial charge < -0.3 is 9.64 Å². The summed E-state index contributed by atoms with van der Waals surface area (Å²) in [7, 11) is 0. The molecule has 1 fully saturated rings. The van der Waals surface area contributed by atoms with Crippen LogP contribution in [0.5, 0.6) is 5.75 Å². The van der Waals surface area contributed by atoms with Crippen LogP contribution in [0.25, 0.3) is 0 Å². The standard InChI is InChI=1S/C21H21Br2NO2S/c1-14-4-6-16(7-5-14)27-21(12-24-8-2-3-9-24)13-26-19-17(20(21)25)10-15(22)11-18(19)23/h4-7,10-11H,2-3,8-9,12-13H2,1H3/t21-/m1/s1. The molecule has 6 heteroatoms. The Labute approximate surface area is 181 Å². The van der Waals surface area contributed by atoms with Crippen molar-refractivity contribution in [3.8, 4) is 5.75 Å². The van der Waals surface area contributed by atoms with E-state index in [-0.39, 0.29) is 5.78 Å². The van der Waals surface area contributed by atoms with Crippen molar-refractivity contribution in [2.75, 3.05) is 26.2 Å². The van der Waals surface area contributed by atoms with E-state index < -0.39 is 4.75 Å². The van der Waals surface area contributed by atoms with Crippen LogP contribution in [0.1, 0.15) is 28.8 Å². The number of halogens is 2. The number of thioether (sulfide) groups is 1. The molecule has 2 heterocycles. The lowest BCUT2D eigenvalue weighted by Gasteiger charge is -2.38. The van der Waals surface area contributed by atoms with Gasteiger partial charge in [0.1, 0.15) is 17.1 Å². The zero-order chi connectivity index (χ0) is 19.0. The molecule has 2 aromatic rings. The van der Waals surface area contributed by atoms with Crippen molar-refractivity contribution >= 4 is 49.4 Å². The van der Waals surface area contributed by atoms with Gasteiger partial charge in [0.15, 0.2) is 5.78 Å². The van der Waals surface area contributed by atoms with E-state index in [1.165, 1.54) is 18.4 Å². The summed E-state index contributed by atoms with van der Waals surface area (Å²) in [5.41, 5.74) is 1.87. The van der Waals surface area contributed by atoms with Crippen LogP contribution in [0.4, 0.5) is 0 Å². The molecule has 0 saturated carbocycles. The fourth-order valence-corrected chi connectivity index (χ4v) is 6.37. The SMILES string of the molecule is Cc1ccc(S[C@]2(CN3CCCC3)COc3c(Br)cc(Br)cc3C2=O)cc1. The molecule has 0 amide bonds. The Morgan fingerprint density at radius 1 is 1.15 bits per heavy atom. The van der Waals surface area contributed by atoms with Crippen molar-refractivity contribution in [2.24, 2.45) is 0 Å². The summed E-state index contributed by atoms with van der Waals surface area (Å²) in [6.07, 6.45) is 2.40. The Bertz CT molecular complexity index is 865. The normalized spacial score (nSPS) is 22.6. The third kappa shape index (κ3) is 4.00. The first-order valence-corrected chi connectivity index (χ1v) is 11.5. The van der Waals surface area contributed by atoms with E-state index in [0.717, 1.165) is 26.9 Å². The van der Waals surface area contributed by atoms with Gasteiger partial charge in [-0.1, -0.05) is 33.6 Å². The maximum atomic E-state index is 13.7. The Morgan fingerprint density at radius 3 is 2.56 bits per heavy atom. The predicted octanol–water partition coefficient (Wildman–Crippen LogP) is 5.72. The van der Waals surface area contributed by atoms with Crippen molar-refractivity contribution in [3.05, 3.63) is 56.5 Å². The lowest BCUT2D eigenvalue weighted by atomic mass is 9.93. The molecule has 2 aliphatic heterocycles. The first kappa shape index (κ1) is 19.5. The van der Waals surface area contributed by atoms with Crippen LogP contribution in [0.2, 0.25) is 0 Å². The maximum absolute atomic E-state index is 13.7. The second-order valence-corrected chi connectivity index (χ2v) is 10.5. The van der Waals surface area contributed by atoms with Crippen LogP contribution in [-0.4, -0.2) is 41.7 Å². The number of aryl methyl sites for hydroxylation is 1. The van der Waals surface area contributed by atoms with Gasteiger partial charge in [-0.15, -0.1) is 11.8 Å². The number of rotatable bonds is 4. The van der Waals surface area contributed by atoms with Gasteiger partial charge in [-0.05, 0) is 73.1 Å². The van der Waals surface area contributed by atoms with E-state index in [2.05, 4.69) is 67.9 Å². The Morgan fingerprint density at radius 2 is 1.85 bits per heavy atom. The number of nitrogens with zero attached hydrogens (tertiary/aromatic N) is 1. The summed E-state index contributed by atoms with van der Waals surface area (Å²) >= 11 is 8.69. The van der Waals surface area contributed by atoms with E-state index in [4.69, 9.17) is 4.74 Å². The summed E-state index contributed by atoms with van der Waals surface area (Å²) in [6, 6.07) is 12.2. The Balaban J connectivity index is 1.73. The molecule has 0 radical (unpaired) electrons. The zero-order valence-corrected chi connectivity index (χ0v) is 19.1. The summed E-state index contributed by atoms with van der Waals surface area (Å²) in [5, 5.41) is 0. The van der Waals surface area contributed by atoms with Crippen LogP contribution in [-0.2, 0) is 0 Å². The molecule has 0 N–H and O–H groups in total. The number of Topliss-reactive ketones (excluding diaryl/α,β-unsaturated/α-hetero) is 1. The number of hydrogen-bond donors (Lipinski definition) is 0. The van der Waals surface area contributed by atoms with Gasteiger partial charge in [0.2, 0.25) is 0 Å². The molecule has 27 heavy (non-hydrogen) atoms. The molecule has 0 unspecified atom stereocenters. The minimum absolute atomic E-state index is 0.156. The van der Waals surface area contributed by atoms with Gasteiger partial charge in [-0.2, -0.15) is 0 Å². The van der Waals surface area contributed by atoms with E-state index in [1.54, 1.807) is 11.8 Å². The lowest BCUT2D eigenvalue weighted by molar-refractivity contribution is 0.0831. The van der Waals surface area contributed by atoms with E-state index in [9.17, 15) is 4.79 Å². The van der Waals surface area contributed by atoms with Gasteiger partial charge in [-0.25, -0.2) is 0 Å². The van der Waals surface area contributed by atoms with Crippen molar-refractivity contribution in [3.63, 3.8) is 0 Å². The zero-order valence-electron chi connectivity index (χ0n) is 15.1. The van der Waals surface area contributed by atoms with Gasteiger partial charge in [-0.3, -0.25) is 4.79 Å². The van der Waals surface area contributed by atoms with Crippen molar-refractivity contribution in [2.45, 2.75) is 29.4 Å². The van der Waals surface area contributed by atoms with Gasteiger partial charge >= 0.3 is 0 Å². The Kier molecular flexibility index (Phi) is 5.70. The fraction of sp³-hybridized carbons (Fsp3) is 0.381. The molecule has 4 rings (SSSR count). The first-order chi connectivity index (χ1) is 13.0. The van der Waals surface area contributed by atoms with Crippen molar-refractivity contribution < 1.29 is 9.53 Å². The number of ketones is 1. The molecular weight excluding hydrogens is 490 g/mol. The minimum Gasteiger partial charge on any atom is -0.490 e. The third-order valence-electron chi connectivity index (χ3n) is 5.13. The molecule has 3 nitrogen and oxygen atoms in total. The Hall–Kier alpha value is -0.820. The quantitative estimate of drug-likeness (QED) is 0.526.